The Labute approximate surface area is 141 Å². The van der Waals surface area contributed by atoms with Crippen LogP contribution in [0.25, 0.3) is 0 Å². The Kier molecular flexibility index (Phi) is 5.61. The summed E-state index contributed by atoms with van der Waals surface area (Å²) in [4.78, 5) is 25.4. The van der Waals surface area contributed by atoms with Crippen molar-refractivity contribution in [2.75, 3.05) is 12.5 Å². The standard InChI is InChI=1S/C14H16N6O5/c1-8(2)25-13-10(20(22)23)4-9(5-11(13)24-3)6-15-18-12-7-16-19-14(21)17-12/h4-8H,1-3H3,(H2,17,18,19,21)/b15-6+. The lowest BCUT2D eigenvalue weighted by Crippen LogP contribution is -2.13. The molecule has 0 fully saturated rings. The maximum absolute atomic E-state index is 11.3. The summed E-state index contributed by atoms with van der Waals surface area (Å²) in [5.41, 5.74) is 2.02. The molecule has 0 bridgehead atoms. The Morgan fingerprint density at radius 1 is 1.44 bits per heavy atom. The second-order valence-electron chi connectivity index (χ2n) is 5.04. The number of nitrogens with zero attached hydrogens (tertiary/aromatic N) is 4. The molecule has 0 amide bonds. The maximum atomic E-state index is 11.3. The quantitative estimate of drug-likeness (QED) is 0.433. The average Bonchev–Trinajstić information content (AvgIpc) is 2.55. The van der Waals surface area contributed by atoms with Crippen molar-refractivity contribution in [1.29, 1.82) is 0 Å². The zero-order valence-electron chi connectivity index (χ0n) is 13.7. The molecular weight excluding hydrogens is 332 g/mol. The number of nitrogens with one attached hydrogen (secondary N) is 2. The van der Waals surface area contributed by atoms with E-state index in [1.165, 1.54) is 25.6 Å². The van der Waals surface area contributed by atoms with Gasteiger partial charge in [0, 0.05) is 11.6 Å². The molecule has 0 saturated carbocycles. The van der Waals surface area contributed by atoms with Crippen molar-refractivity contribution >= 4 is 17.7 Å². The van der Waals surface area contributed by atoms with Gasteiger partial charge < -0.3 is 9.47 Å². The van der Waals surface area contributed by atoms with Crippen LogP contribution in [-0.2, 0) is 0 Å². The van der Waals surface area contributed by atoms with Crippen molar-refractivity contribution in [3.8, 4) is 11.5 Å². The van der Waals surface area contributed by atoms with E-state index in [1.54, 1.807) is 19.9 Å². The van der Waals surface area contributed by atoms with Crippen molar-refractivity contribution in [3.63, 3.8) is 0 Å². The van der Waals surface area contributed by atoms with Gasteiger partial charge in [0.1, 0.15) is 0 Å². The number of aromatic nitrogens is 3. The molecule has 0 aliphatic carbocycles. The van der Waals surface area contributed by atoms with Gasteiger partial charge in [0.2, 0.25) is 5.75 Å². The Bertz CT molecular complexity index is 848. The van der Waals surface area contributed by atoms with E-state index in [0.717, 1.165) is 0 Å². The van der Waals surface area contributed by atoms with Crippen LogP contribution in [0.2, 0.25) is 0 Å². The molecule has 0 aliphatic heterocycles. The lowest BCUT2D eigenvalue weighted by atomic mass is 10.2. The minimum Gasteiger partial charge on any atom is -0.493 e. The fourth-order valence-electron chi connectivity index (χ4n) is 1.86. The van der Waals surface area contributed by atoms with Crippen LogP contribution < -0.4 is 20.6 Å². The van der Waals surface area contributed by atoms with Gasteiger partial charge in [-0.05, 0) is 19.9 Å². The minimum atomic E-state index is -0.632. The molecule has 25 heavy (non-hydrogen) atoms. The third kappa shape index (κ3) is 4.73. The summed E-state index contributed by atoms with van der Waals surface area (Å²) in [7, 11) is 1.39. The molecule has 1 aromatic heterocycles. The van der Waals surface area contributed by atoms with Gasteiger partial charge >= 0.3 is 11.4 Å². The molecule has 0 radical (unpaired) electrons. The Hall–Kier alpha value is -3.50. The fraction of sp³-hybridized carbons (Fsp3) is 0.286. The molecule has 0 aliphatic rings. The molecule has 1 heterocycles. The molecule has 0 spiro atoms. The molecule has 132 valence electrons. The summed E-state index contributed by atoms with van der Waals surface area (Å²) >= 11 is 0. The SMILES string of the molecule is COc1cc(/C=N/Nc2cn[nH]c(=O)n2)cc([N+](=O)[O-])c1OC(C)C. The molecule has 1 aromatic carbocycles. The number of rotatable bonds is 7. The van der Waals surface area contributed by atoms with Crippen molar-refractivity contribution < 1.29 is 14.4 Å². The third-order valence-corrected chi connectivity index (χ3v) is 2.79. The van der Waals surface area contributed by atoms with Gasteiger partial charge in [-0.2, -0.15) is 15.2 Å². The number of ether oxygens (including phenoxy) is 2. The number of H-pyrrole nitrogens is 1. The Balaban J connectivity index is 2.31. The van der Waals surface area contributed by atoms with Gasteiger partial charge in [0.05, 0.1) is 30.5 Å². The summed E-state index contributed by atoms with van der Waals surface area (Å²) in [6.45, 7) is 3.51. The first-order valence-electron chi connectivity index (χ1n) is 7.14. The van der Waals surface area contributed by atoms with E-state index >= 15 is 0 Å². The van der Waals surface area contributed by atoms with Crippen LogP contribution in [0.4, 0.5) is 11.5 Å². The molecule has 2 aromatic rings. The topological polar surface area (TPSA) is 145 Å². The lowest BCUT2D eigenvalue weighted by molar-refractivity contribution is -0.386. The first kappa shape index (κ1) is 17.8. The predicted molar refractivity (Wildman–Crippen MR) is 89.3 cm³/mol. The molecule has 2 rings (SSSR count). The largest absolute Gasteiger partial charge is 0.493 e. The van der Waals surface area contributed by atoms with E-state index in [9.17, 15) is 14.9 Å². The fourth-order valence-corrected chi connectivity index (χ4v) is 1.86. The van der Waals surface area contributed by atoms with E-state index in [2.05, 4.69) is 25.7 Å². The summed E-state index contributed by atoms with van der Waals surface area (Å²) in [6, 6.07) is 2.84. The molecule has 0 unspecified atom stereocenters. The van der Waals surface area contributed by atoms with Crippen molar-refractivity contribution in [1.82, 2.24) is 15.2 Å². The second-order valence-corrected chi connectivity index (χ2v) is 5.04. The molecular formula is C14H16N6O5. The zero-order chi connectivity index (χ0) is 18.4. The van der Waals surface area contributed by atoms with Gasteiger partial charge in [-0.1, -0.05) is 0 Å². The van der Waals surface area contributed by atoms with E-state index in [-0.39, 0.29) is 29.1 Å². The van der Waals surface area contributed by atoms with Crippen LogP contribution in [-0.4, -0.2) is 39.5 Å². The predicted octanol–water partition coefficient (Wildman–Crippen LogP) is 1.31. The molecule has 11 nitrogen and oxygen atoms in total. The van der Waals surface area contributed by atoms with Crippen LogP contribution in [0.15, 0.2) is 28.2 Å². The molecule has 0 atom stereocenters. The average molecular weight is 348 g/mol. The number of anilines is 1. The highest BCUT2D eigenvalue weighted by atomic mass is 16.6. The number of nitro benzene ring substituents is 1. The number of hydrogen-bond acceptors (Lipinski definition) is 9. The highest BCUT2D eigenvalue weighted by Crippen LogP contribution is 2.38. The summed E-state index contributed by atoms with van der Waals surface area (Å²) < 4.78 is 10.7. The van der Waals surface area contributed by atoms with Gasteiger partial charge in [-0.3, -0.25) is 15.5 Å². The molecule has 0 saturated heterocycles. The highest BCUT2D eigenvalue weighted by Gasteiger charge is 2.22. The van der Waals surface area contributed by atoms with Gasteiger partial charge in [-0.25, -0.2) is 9.89 Å². The number of nitro groups is 1. The Morgan fingerprint density at radius 3 is 2.80 bits per heavy atom. The van der Waals surface area contributed by atoms with Crippen molar-refractivity contribution in [2.45, 2.75) is 20.0 Å². The maximum Gasteiger partial charge on any atom is 0.363 e. The summed E-state index contributed by atoms with van der Waals surface area (Å²) in [5.74, 6) is 0.384. The van der Waals surface area contributed by atoms with Crippen LogP contribution in [0.5, 0.6) is 11.5 Å². The normalized spacial score (nSPS) is 10.9. The van der Waals surface area contributed by atoms with Crippen LogP contribution in [0.1, 0.15) is 19.4 Å². The molecule has 11 heteroatoms. The van der Waals surface area contributed by atoms with E-state index in [4.69, 9.17) is 9.47 Å². The van der Waals surface area contributed by atoms with Crippen molar-refractivity contribution in [2.24, 2.45) is 5.10 Å². The van der Waals surface area contributed by atoms with E-state index < -0.39 is 10.6 Å². The van der Waals surface area contributed by atoms with E-state index in [0.29, 0.717) is 5.56 Å². The second kappa shape index (κ2) is 7.86. The van der Waals surface area contributed by atoms with Crippen LogP contribution in [0.3, 0.4) is 0 Å². The van der Waals surface area contributed by atoms with Gasteiger partial charge in [-0.15, -0.1) is 0 Å². The Morgan fingerprint density at radius 2 is 2.20 bits per heavy atom. The number of benzene rings is 1. The molecule has 2 N–H and O–H groups in total. The smallest absolute Gasteiger partial charge is 0.363 e. The van der Waals surface area contributed by atoms with Crippen molar-refractivity contribution in [3.05, 3.63) is 44.5 Å². The first-order valence-corrected chi connectivity index (χ1v) is 7.14. The lowest BCUT2D eigenvalue weighted by Gasteiger charge is -2.14. The van der Waals surface area contributed by atoms with Crippen LogP contribution >= 0.6 is 0 Å². The summed E-state index contributed by atoms with van der Waals surface area (Å²) in [6.07, 6.45) is 2.32. The van der Waals surface area contributed by atoms with Crippen LogP contribution in [0, 0.1) is 10.1 Å². The number of hydrogen-bond donors (Lipinski definition) is 2. The first-order chi connectivity index (χ1) is 11.9. The number of methoxy groups -OCH3 is 1. The number of aromatic amines is 1. The highest BCUT2D eigenvalue weighted by molar-refractivity contribution is 5.83. The minimum absolute atomic E-state index is 0.0491. The monoisotopic (exact) mass is 348 g/mol. The van der Waals surface area contributed by atoms with E-state index in [1.807, 2.05) is 0 Å². The summed E-state index contributed by atoms with van der Waals surface area (Å²) in [5, 5.41) is 20.9. The van der Waals surface area contributed by atoms with Gasteiger partial charge in [0.25, 0.3) is 0 Å². The number of hydrazone groups is 1. The third-order valence-electron chi connectivity index (χ3n) is 2.79. The zero-order valence-corrected chi connectivity index (χ0v) is 13.7. The van der Waals surface area contributed by atoms with Gasteiger partial charge in [0.15, 0.2) is 11.6 Å².